The lowest BCUT2D eigenvalue weighted by Gasteiger charge is -2.06. The quantitative estimate of drug-likeness (QED) is 0.872. The van der Waals surface area contributed by atoms with E-state index in [1.165, 1.54) is 18.3 Å². The fourth-order valence-electron chi connectivity index (χ4n) is 1.55. The van der Waals surface area contributed by atoms with Crippen molar-refractivity contribution in [2.45, 2.75) is 6.54 Å². The van der Waals surface area contributed by atoms with E-state index in [1.54, 1.807) is 12.1 Å². The zero-order valence-corrected chi connectivity index (χ0v) is 10.00. The maximum absolute atomic E-state index is 10.8. The minimum absolute atomic E-state index is 0.192. The third-order valence-electron chi connectivity index (χ3n) is 2.56. The Hall–Kier alpha value is -2.87. The maximum atomic E-state index is 10.8. The van der Waals surface area contributed by atoms with Crippen molar-refractivity contribution in [2.24, 2.45) is 0 Å². The Balaban J connectivity index is 2.03. The van der Waals surface area contributed by atoms with Gasteiger partial charge in [-0.1, -0.05) is 12.1 Å². The van der Waals surface area contributed by atoms with Gasteiger partial charge in [-0.2, -0.15) is 5.26 Å². The van der Waals surface area contributed by atoms with Crippen molar-refractivity contribution in [3.05, 3.63) is 59.3 Å². The first kappa shape index (κ1) is 12.6. The number of nitriles is 1. The lowest BCUT2D eigenvalue weighted by molar-refractivity contribution is 0.0697. The average molecular weight is 253 g/mol. The number of carbonyl (C=O) groups is 1. The molecule has 94 valence electrons. The summed E-state index contributed by atoms with van der Waals surface area (Å²) in [6.07, 6.45) is 1.45. The summed E-state index contributed by atoms with van der Waals surface area (Å²) in [5.41, 5.74) is 1.79. The van der Waals surface area contributed by atoms with Crippen LogP contribution < -0.4 is 5.32 Å². The van der Waals surface area contributed by atoms with Crippen LogP contribution in [-0.2, 0) is 6.54 Å². The van der Waals surface area contributed by atoms with Crippen molar-refractivity contribution in [2.75, 3.05) is 5.32 Å². The molecule has 0 fully saturated rings. The number of hydrogen-bond acceptors (Lipinski definition) is 4. The minimum Gasteiger partial charge on any atom is -0.478 e. The highest BCUT2D eigenvalue weighted by atomic mass is 16.4. The van der Waals surface area contributed by atoms with Crippen molar-refractivity contribution in [1.82, 2.24) is 4.98 Å². The third kappa shape index (κ3) is 3.30. The number of hydrogen-bond donors (Lipinski definition) is 2. The molecule has 19 heavy (non-hydrogen) atoms. The summed E-state index contributed by atoms with van der Waals surface area (Å²) in [4.78, 5) is 14.9. The van der Waals surface area contributed by atoms with Gasteiger partial charge >= 0.3 is 5.97 Å². The normalized spacial score (nSPS) is 9.63. The van der Waals surface area contributed by atoms with Crippen molar-refractivity contribution < 1.29 is 9.90 Å². The number of aromatic nitrogens is 1. The number of rotatable bonds is 4. The van der Waals surface area contributed by atoms with Gasteiger partial charge in [0.15, 0.2) is 0 Å². The van der Waals surface area contributed by atoms with Gasteiger partial charge in [0.2, 0.25) is 0 Å². The molecule has 0 saturated carbocycles. The van der Waals surface area contributed by atoms with Crippen LogP contribution in [0.1, 0.15) is 21.5 Å². The number of nitrogens with one attached hydrogen (secondary N) is 1. The number of anilines is 1. The van der Waals surface area contributed by atoms with E-state index in [4.69, 9.17) is 10.4 Å². The van der Waals surface area contributed by atoms with E-state index in [2.05, 4.69) is 10.3 Å². The van der Waals surface area contributed by atoms with Crippen LogP contribution in [0.5, 0.6) is 0 Å². The molecule has 0 spiro atoms. The molecule has 0 aliphatic rings. The first-order valence-electron chi connectivity index (χ1n) is 5.61. The molecule has 1 heterocycles. The summed E-state index contributed by atoms with van der Waals surface area (Å²) in [5.74, 6) is -0.479. The molecular weight excluding hydrogens is 242 g/mol. The van der Waals surface area contributed by atoms with Crippen LogP contribution in [0.3, 0.4) is 0 Å². The summed E-state index contributed by atoms with van der Waals surface area (Å²) in [6, 6.07) is 12.1. The molecule has 0 atom stereocenters. The fraction of sp³-hybridized carbons (Fsp3) is 0.0714. The van der Waals surface area contributed by atoms with Gasteiger partial charge in [-0.05, 0) is 29.8 Å². The lowest BCUT2D eigenvalue weighted by Crippen LogP contribution is -2.03. The number of pyridine rings is 1. The largest absolute Gasteiger partial charge is 0.478 e. The monoisotopic (exact) mass is 253 g/mol. The van der Waals surface area contributed by atoms with Crippen LogP contribution in [-0.4, -0.2) is 16.1 Å². The van der Waals surface area contributed by atoms with Crippen LogP contribution in [0.15, 0.2) is 42.6 Å². The van der Waals surface area contributed by atoms with Crippen molar-refractivity contribution in [3.8, 4) is 6.07 Å². The second-order valence-corrected chi connectivity index (χ2v) is 3.90. The molecule has 0 bridgehead atoms. The summed E-state index contributed by atoms with van der Waals surface area (Å²) in [6.45, 7) is 0.516. The molecule has 2 rings (SSSR count). The molecule has 0 aliphatic heterocycles. The first-order valence-corrected chi connectivity index (χ1v) is 5.61. The Morgan fingerprint density at radius 2 is 2.05 bits per heavy atom. The van der Waals surface area contributed by atoms with E-state index in [1.807, 2.05) is 18.2 Å². The third-order valence-corrected chi connectivity index (χ3v) is 2.56. The number of carboxylic acids is 1. The predicted molar refractivity (Wildman–Crippen MR) is 69.7 cm³/mol. The van der Waals surface area contributed by atoms with Gasteiger partial charge in [-0.15, -0.1) is 0 Å². The molecule has 0 saturated heterocycles. The number of benzene rings is 1. The first-order chi connectivity index (χ1) is 9.19. The van der Waals surface area contributed by atoms with Gasteiger partial charge in [0.25, 0.3) is 0 Å². The van der Waals surface area contributed by atoms with E-state index in [-0.39, 0.29) is 5.56 Å². The Labute approximate surface area is 110 Å². The molecule has 0 amide bonds. The molecule has 1 aromatic carbocycles. The van der Waals surface area contributed by atoms with Crippen LogP contribution in [0.25, 0.3) is 0 Å². The molecular formula is C14H11N3O2. The second kappa shape index (κ2) is 5.65. The lowest BCUT2D eigenvalue weighted by atomic mass is 10.1. The SMILES string of the molecule is N#Cc1ccc(CNc2cc(C(=O)O)ccn2)cc1. The standard InChI is InChI=1S/C14H11N3O2/c15-8-10-1-3-11(4-2-10)9-17-13-7-12(14(18)19)5-6-16-13/h1-7H,9H2,(H,16,17)(H,18,19). The van der Waals surface area contributed by atoms with Crippen LogP contribution in [0, 0.1) is 11.3 Å². The molecule has 5 heteroatoms. The molecule has 0 radical (unpaired) electrons. The predicted octanol–water partition coefficient (Wildman–Crippen LogP) is 2.26. The Morgan fingerprint density at radius 1 is 1.32 bits per heavy atom. The molecule has 5 nitrogen and oxygen atoms in total. The van der Waals surface area contributed by atoms with E-state index in [0.29, 0.717) is 17.9 Å². The second-order valence-electron chi connectivity index (χ2n) is 3.90. The molecule has 0 aliphatic carbocycles. The van der Waals surface area contributed by atoms with Gasteiger partial charge in [0.1, 0.15) is 5.82 Å². The zero-order chi connectivity index (χ0) is 13.7. The van der Waals surface area contributed by atoms with E-state index in [9.17, 15) is 4.79 Å². The number of carboxylic acid groups (broad SMARTS) is 1. The maximum Gasteiger partial charge on any atom is 0.335 e. The van der Waals surface area contributed by atoms with Crippen molar-refractivity contribution in [1.29, 1.82) is 5.26 Å². The van der Waals surface area contributed by atoms with Crippen LogP contribution in [0.4, 0.5) is 5.82 Å². The molecule has 1 aromatic heterocycles. The number of nitrogens with zero attached hydrogens (tertiary/aromatic N) is 2. The molecule has 2 aromatic rings. The van der Waals surface area contributed by atoms with Gasteiger partial charge in [0.05, 0.1) is 17.2 Å². The minimum atomic E-state index is -0.983. The Kier molecular flexibility index (Phi) is 3.74. The van der Waals surface area contributed by atoms with E-state index < -0.39 is 5.97 Å². The Morgan fingerprint density at radius 3 is 2.68 bits per heavy atom. The topological polar surface area (TPSA) is 86.0 Å². The van der Waals surface area contributed by atoms with E-state index >= 15 is 0 Å². The summed E-state index contributed by atoms with van der Waals surface area (Å²) >= 11 is 0. The highest BCUT2D eigenvalue weighted by Crippen LogP contribution is 2.09. The van der Waals surface area contributed by atoms with Gasteiger partial charge in [0, 0.05) is 12.7 Å². The average Bonchev–Trinajstić information content (AvgIpc) is 2.46. The van der Waals surface area contributed by atoms with Gasteiger partial charge in [-0.25, -0.2) is 9.78 Å². The van der Waals surface area contributed by atoms with Crippen molar-refractivity contribution in [3.63, 3.8) is 0 Å². The fourth-order valence-corrected chi connectivity index (χ4v) is 1.55. The zero-order valence-electron chi connectivity index (χ0n) is 10.00. The highest BCUT2D eigenvalue weighted by Gasteiger charge is 2.03. The molecule has 0 unspecified atom stereocenters. The van der Waals surface area contributed by atoms with Gasteiger partial charge in [-0.3, -0.25) is 0 Å². The Bertz CT molecular complexity index is 630. The van der Waals surface area contributed by atoms with Crippen LogP contribution >= 0.6 is 0 Å². The molecule has 2 N–H and O–H groups in total. The van der Waals surface area contributed by atoms with E-state index in [0.717, 1.165) is 5.56 Å². The number of aromatic carboxylic acids is 1. The van der Waals surface area contributed by atoms with Crippen LogP contribution in [0.2, 0.25) is 0 Å². The van der Waals surface area contributed by atoms with Crippen molar-refractivity contribution >= 4 is 11.8 Å². The summed E-state index contributed by atoms with van der Waals surface area (Å²) < 4.78 is 0. The smallest absolute Gasteiger partial charge is 0.335 e. The van der Waals surface area contributed by atoms with Gasteiger partial charge < -0.3 is 10.4 Å². The summed E-state index contributed by atoms with van der Waals surface area (Å²) in [7, 11) is 0. The summed E-state index contributed by atoms with van der Waals surface area (Å²) in [5, 5.41) is 20.6. The highest BCUT2D eigenvalue weighted by molar-refractivity contribution is 5.88.